The summed E-state index contributed by atoms with van der Waals surface area (Å²) in [6, 6.07) is 10.0. The molecule has 0 bridgehead atoms. The van der Waals surface area contributed by atoms with Crippen LogP contribution in [0.25, 0.3) is 0 Å². The lowest BCUT2D eigenvalue weighted by Crippen LogP contribution is -2.19. The molecule has 0 unspecified atom stereocenters. The lowest BCUT2D eigenvalue weighted by Gasteiger charge is -2.14. The molecule has 0 radical (unpaired) electrons. The number of carbonyl (C=O) groups excluding carboxylic acids is 1. The van der Waals surface area contributed by atoms with Crippen molar-refractivity contribution in [3.63, 3.8) is 0 Å². The number of furan rings is 1. The summed E-state index contributed by atoms with van der Waals surface area (Å²) >= 11 is 3.46. The van der Waals surface area contributed by atoms with Gasteiger partial charge in [0.1, 0.15) is 0 Å². The molecular formula is C15H16BrNO3. The molecule has 0 aliphatic rings. The normalized spacial score (nSPS) is 12.2. The molecule has 0 aliphatic carbocycles. The molecular weight excluding hydrogens is 322 g/mol. The maximum atomic E-state index is 11.5. The highest BCUT2D eigenvalue weighted by molar-refractivity contribution is 9.10. The first-order valence-corrected chi connectivity index (χ1v) is 7.04. The molecule has 0 fully saturated rings. The highest BCUT2D eigenvalue weighted by atomic mass is 79.9. The molecule has 20 heavy (non-hydrogen) atoms. The first kappa shape index (κ1) is 14.8. The predicted molar refractivity (Wildman–Crippen MR) is 79.4 cm³/mol. The van der Waals surface area contributed by atoms with Crippen molar-refractivity contribution >= 4 is 21.9 Å². The smallest absolute Gasteiger partial charge is 0.374 e. The standard InChI is InChI=1S/C15H16BrNO3/c1-10(11-4-3-5-13(16)8-11)17-9-12-6-7-20-14(12)15(18)19-2/h3-8,10,17H,9H2,1-2H3/t10-/m0/s1. The maximum Gasteiger partial charge on any atom is 0.374 e. The highest BCUT2D eigenvalue weighted by Gasteiger charge is 2.16. The lowest BCUT2D eigenvalue weighted by atomic mass is 10.1. The Kier molecular flexibility index (Phi) is 4.98. The van der Waals surface area contributed by atoms with Gasteiger partial charge in [-0.25, -0.2) is 4.79 Å². The summed E-state index contributed by atoms with van der Waals surface area (Å²) in [6.07, 6.45) is 1.49. The van der Waals surface area contributed by atoms with E-state index >= 15 is 0 Å². The van der Waals surface area contributed by atoms with Gasteiger partial charge in [-0.15, -0.1) is 0 Å². The Labute approximate surface area is 126 Å². The van der Waals surface area contributed by atoms with Crippen LogP contribution in [0, 0.1) is 0 Å². The van der Waals surface area contributed by atoms with Crippen LogP contribution >= 0.6 is 15.9 Å². The van der Waals surface area contributed by atoms with E-state index in [1.807, 2.05) is 12.1 Å². The van der Waals surface area contributed by atoms with Gasteiger partial charge in [0.15, 0.2) is 0 Å². The van der Waals surface area contributed by atoms with Crippen molar-refractivity contribution in [1.82, 2.24) is 5.32 Å². The molecule has 1 aromatic heterocycles. The Morgan fingerprint density at radius 2 is 2.25 bits per heavy atom. The van der Waals surface area contributed by atoms with Crippen molar-refractivity contribution in [1.29, 1.82) is 0 Å². The number of rotatable bonds is 5. The van der Waals surface area contributed by atoms with Gasteiger partial charge in [-0.1, -0.05) is 28.1 Å². The van der Waals surface area contributed by atoms with Gasteiger partial charge in [-0.3, -0.25) is 0 Å². The van der Waals surface area contributed by atoms with Gasteiger partial charge in [-0.05, 0) is 30.7 Å². The fourth-order valence-electron chi connectivity index (χ4n) is 1.90. The molecule has 1 atom stereocenters. The molecule has 0 saturated heterocycles. The zero-order chi connectivity index (χ0) is 14.5. The van der Waals surface area contributed by atoms with E-state index in [1.165, 1.54) is 18.9 Å². The SMILES string of the molecule is COC(=O)c1occc1CN[C@@H](C)c1cccc(Br)c1. The maximum absolute atomic E-state index is 11.5. The predicted octanol–water partition coefficient (Wildman–Crippen LogP) is 3.68. The summed E-state index contributed by atoms with van der Waals surface area (Å²) in [5.41, 5.74) is 1.96. The summed E-state index contributed by atoms with van der Waals surface area (Å²) < 4.78 is 10.9. The number of ether oxygens (including phenoxy) is 1. The Morgan fingerprint density at radius 3 is 2.95 bits per heavy atom. The number of methoxy groups -OCH3 is 1. The van der Waals surface area contributed by atoms with E-state index in [9.17, 15) is 4.79 Å². The minimum Gasteiger partial charge on any atom is -0.463 e. The molecule has 0 aliphatic heterocycles. The molecule has 4 nitrogen and oxygen atoms in total. The topological polar surface area (TPSA) is 51.5 Å². The van der Waals surface area contributed by atoms with Crippen LogP contribution in [-0.2, 0) is 11.3 Å². The van der Waals surface area contributed by atoms with Crippen molar-refractivity contribution in [2.75, 3.05) is 7.11 Å². The average molecular weight is 338 g/mol. The van der Waals surface area contributed by atoms with Crippen LogP contribution in [0.5, 0.6) is 0 Å². The minimum absolute atomic E-state index is 0.160. The van der Waals surface area contributed by atoms with E-state index in [1.54, 1.807) is 6.07 Å². The van der Waals surface area contributed by atoms with Gasteiger partial charge in [0.05, 0.1) is 13.4 Å². The van der Waals surface area contributed by atoms with Crippen molar-refractivity contribution in [2.45, 2.75) is 19.5 Å². The van der Waals surface area contributed by atoms with E-state index in [2.05, 4.69) is 45.0 Å². The van der Waals surface area contributed by atoms with Crippen LogP contribution in [0.2, 0.25) is 0 Å². The second-order valence-corrected chi connectivity index (χ2v) is 5.34. The number of halogens is 1. The van der Waals surface area contributed by atoms with Crippen LogP contribution in [0.15, 0.2) is 45.5 Å². The highest BCUT2D eigenvalue weighted by Crippen LogP contribution is 2.19. The summed E-state index contributed by atoms with van der Waals surface area (Å²) in [4.78, 5) is 11.5. The summed E-state index contributed by atoms with van der Waals surface area (Å²) in [7, 11) is 1.34. The molecule has 5 heteroatoms. The third-order valence-electron chi connectivity index (χ3n) is 3.06. The fraction of sp³-hybridized carbons (Fsp3) is 0.267. The van der Waals surface area contributed by atoms with Crippen LogP contribution < -0.4 is 5.32 Å². The van der Waals surface area contributed by atoms with Crippen LogP contribution in [0.3, 0.4) is 0 Å². The Balaban J connectivity index is 2.02. The van der Waals surface area contributed by atoms with Crippen molar-refractivity contribution < 1.29 is 13.9 Å². The second-order valence-electron chi connectivity index (χ2n) is 4.42. The summed E-state index contributed by atoms with van der Waals surface area (Å²) in [5, 5.41) is 3.36. The van der Waals surface area contributed by atoms with E-state index in [0.717, 1.165) is 10.0 Å². The number of esters is 1. The Hall–Kier alpha value is -1.59. The average Bonchev–Trinajstić information content (AvgIpc) is 2.92. The number of nitrogens with one attached hydrogen (secondary N) is 1. The monoisotopic (exact) mass is 337 g/mol. The number of hydrogen-bond acceptors (Lipinski definition) is 4. The Morgan fingerprint density at radius 1 is 1.45 bits per heavy atom. The first-order valence-electron chi connectivity index (χ1n) is 6.25. The van der Waals surface area contributed by atoms with Gasteiger partial charge in [0.2, 0.25) is 5.76 Å². The number of carbonyl (C=O) groups is 1. The Bertz CT molecular complexity index is 594. The van der Waals surface area contributed by atoms with Gasteiger partial charge in [0.25, 0.3) is 0 Å². The third kappa shape index (κ3) is 3.49. The third-order valence-corrected chi connectivity index (χ3v) is 3.56. The van der Waals surface area contributed by atoms with Crippen molar-refractivity contribution in [2.24, 2.45) is 0 Å². The molecule has 2 rings (SSSR count). The van der Waals surface area contributed by atoms with Crippen LogP contribution in [0.1, 0.15) is 34.6 Å². The molecule has 1 heterocycles. The van der Waals surface area contributed by atoms with E-state index in [4.69, 9.17) is 4.42 Å². The molecule has 0 amide bonds. The molecule has 2 aromatic rings. The van der Waals surface area contributed by atoms with E-state index < -0.39 is 5.97 Å². The summed E-state index contributed by atoms with van der Waals surface area (Å²) in [5.74, 6) is -0.205. The molecule has 0 saturated carbocycles. The lowest BCUT2D eigenvalue weighted by molar-refractivity contribution is 0.0563. The van der Waals surface area contributed by atoms with Gasteiger partial charge in [-0.2, -0.15) is 0 Å². The molecule has 0 spiro atoms. The largest absolute Gasteiger partial charge is 0.463 e. The number of benzene rings is 1. The fourth-order valence-corrected chi connectivity index (χ4v) is 2.32. The molecule has 1 N–H and O–H groups in total. The van der Waals surface area contributed by atoms with Gasteiger partial charge >= 0.3 is 5.97 Å². The van der Waals surface area contributed by atoms with Gasteiger partial charge < -0.3 is 14.5 Å². The molecule has 106 valence electrons. The second kappa shape index (κ2) is 6.72. The molecule has 1 aromatic carbocycles. The van der Waals surface area contributed by atoms with Crippen LogP contribution in [-0.4, -0.2) is 13.1 Å². The summed E-state index contributed by atoms with van der Waals surface area (Å²) in [6.45, 7) is 2.61. The first-order chi connectivity index (χ1) is 9.61. The zero-order valence-electron chi connectivity index (χ0n) is 11.4. The zero-order valence-corrected chi connectivity index (χ0v) is 12.9. The number of hydrogen-bond donors (Lipinski definition) is 1. The quantitative estimate of drug-likeness (QED) is 0.845. The van der Waals surface area contributed by atoms with Crippen molar-refractivity contribution in [3.8, 4) is 0 Å². The van der Waals surface area contributed by atoms with E-state index in [0.29, 0.717) is 6.54 Å². The minimum atomic E-state index is -0.457. The van der Waals surface area contributed by atoms with E-state index in [-0.39, 0.29) is 11.8 Å². The van der Waals surface area contributed by atoms with Crippen molar-refractivity contribution in [3.05, 3.63) is 58.0 Å². The van der Waals surface area contributed by atoms with Crippen LogP contribution in [0.4, 0.5) is 0 Å². The van der Waals surface area contributed by atoms with Gasteiger partial charge in [0, 0.05) is 22.6 Å².